The van der Waals surface area contributed by atoms with Crippen LogP contribution in [0.15, 0.2) is 0 Å². The van der Waals surface area contributed by atoms with Crippen LogP contribution in [0.1, 0.15) is 19.8 Å². The third-order valence-electron chi connectivity index (χ3n) is 2.29. The standard InChI is InChI=1S/C9H16N2O3/c1-6(14-2)5-10-7-3-4-8(12)11-9(7)13/h6-7,10H,3-5H2,1-2H3,(H,11,12,13). The largest absolute Gasteiger partial charge is 0.380 e. The molecule has 1 rings (SSSR count). The first-order valence-corrected chi connectivity index (χ1v) is 4.73. The highest BCUT2D eigenvalue weighted by Crippen LogP contribution is 2.04. The Labute approximate surface area is 83.2 Å². The molecule has 0 bridgehead atoms. The van der Waals surface area contributed by atoms with E-state index in [2.05, 4.69) is 10.6 Å². The third kappa shape index (κ3) is 3.08. The van der Waals surface area contributed by atoms with E-state index in [1.165, 1.54) is 0 Å². The van der Waals surface area contributed by atoms with Gasteiger partial charge in [-0.15, -0.1) is 0 Å². The lowest BCUT2D eigenvalue weighted by atomic mass is 10.1. The molecular weight excluding hydrogens is 184 g/mol. The Morgan fingerprint density at radius 1 is 1.64 bits per heavy atom. The molecular formula is C9H16N2O3. The van der Waals surface area contributed by atoms with Crippen LogP contribution in [0.2, 0.25) is 0 Å². The van der Waals surface area contributed by atoms with Gasteiger partial charge in [0, 0.05) is 20.1 Å². The average Bonchev–Trinajstić information content (AvgIpc) is 2.16. The fourth-order valence-corrected chi connectivity index (χ4v) is 1.28. The second-order valence-corrected chi connectivity index (χ2v) is 3.46. The van der Waals surface area contributed by atoms with Crippen molar-refractivity contribution in [1.82, 2.24) is 10.6 Å². The summed E-state index contributed by atoms with van der Waals surface area (Å²) in [4.78, 5) is 22.1. The minimum atomic E-state index is -0.259. The number of carbonyl (C=O) groups is 2. The van der Waals surface area contributed by atoms with Crippen LogP contribution in [-0.2, 0) is 14.3 Å². The van der Waals surface area contributed by atoms with Gasteiger partial charge in [-0.3, -0.25) is 14.9 Å². The molecule has 2 N–H and O–H groups in total. The molecule has 1 fully saturated rings. The number of hydrogen-bond acceptors (Lipinski definition) is 4. The van der Waals surface area contributed by atoms with Crippen LogP contribution in [0.5, 0.6) is 0 Å². The molecule has 5 nitrogen and oxygen atoms in total. The highest BCUT2D eigenvalue weighted by molar-refractivity contribution is 6.00. The fourth-order valence-electron chi connectivity index (χ4n) is 1.28. The topological polar surface area (TPSA) is 67.4 Å². The molecule has 0 aromatic rings. The first kappa shape index (κ1) is 11.1. The van der Waals surface area contributed by atoms with Crippen molar-refractivity contribution >= 4 is 11.8 Å². The Morgan fingerprint density at radius 2 is 2.36 bits per heavy atom. The molecule has 2 atom stereocenters. The first-order chi connectivity index (χ1) is 6.63. The lowest BCUT2D eigenvalue weighted by Gasteiger charge is -2.23. The number of methoxy groups -OCH3 is 1. The molecule has 2 unspecified atom stereocenters. The Balaban J connectivity index is 2.31. The highest BCUT2D eigenvalue weighted by Gasteiger charge is 2.25. The summed E-state index contributed by atoms with van der Waals surface area (Å²) in [5, 5.41) is 5.34. The first-order valence-electron chi connectivity index (χ1n) is 4.73. The maximum absolute atomic E-state index is 11.3. The van der Waals surface area contributed by atoms with E-state index < -0.39 is 0 Å². The van der Waals surface area contributed by atoms with E-state index in [9.17, 15) is 9.59 Å². The average molecular weight is 200 g/mol. The van der Waals surface area contributed by atoms with Gasteiger partial charge in [0.2, 0.25) is 11.8 Å². The van der Waals surface area contributed by atoms with Crippen LogP contribution in [0, 0.1) is 0 Å². The van der Waals surface area contributed by atoms with Gasteiger partial charge in [0.05, 0.1) is 12.1 Å². The summed E-state index contributed by atoms with van der Waals surface area (Å²) in [6.45, 7) is 2.53. The minimum absolute atomic E-state index is 0.0698. The number of carbonyl (C=O) groups excluding carboxylic acids is 2. The lowest BCUT2D eigenvalue weighted by molar-refractivity contribution is -0.134. The van der Waals surface area contributed by atoms with Crippen LogP contribution >= 0.6 is 0 Å². The number of imide groups is 1. The van der Waals surface area contributed by atoms with Gasteiger partial charge in [-0.25, -0.2) is 0 Å². The summed E-state index contributed by atoms with van der Waals surface area (Å²) < 4.78 is 5.04. The second kappa shape index (κ2) is 5.07. The van der Waals surface area contributed by atoms with E-state index in [0.717, 1.165) is 0 Å². The lowest BCUT2D eigenvalue weighted by Crippen LogP contribution is -2.51. The quantitative estimate of drug-likeness (QED) is 0.596. The molecule has 1 aliphatic heterocycles. The maximum atomic E-state index is 11.3. The van der Waals surface area contributed by atoms with Crippen LogP contribution < -0.4 is 10.6 Å². The number of amides is 2. The molecule has 5 heteroatoms. The molecule has 1 aliphatic rings. The van der Waals surface area contributed by atoms with Crippen molar-refractivity contribution in [3.63, 3.8) is 0 Å². The Morgan fingerprint density at radius 3 is 2.93 bits per heavy atom. The zero-order valence-electron chi connectivity index (χ0n) is 8.50. The summed E-state index contributed by atoms with van der Waals surface area (Å²) >= 11 is 0. The second-order valence-electron chi connectivity index (χ2n) is 3.46. The summed E-state index contributed by atoms with van der Waals surface area (Å²) in [5.41, 5.74) is 0. The molecule has 14 heavy (non-hydrogen) atoms. The number of piperidine rings is 1. The van der Waals surface area contributed by atoms with E-state index in [4.69, 9.17) is 4.74 Å². The number of hydrogen-bond donors (Lipinski definition) is 2. The monoisotopic (exact) mass is 200 g/mol. The molecule has 2 amide bonds. The number of ether oxygens (including phenoxy) is 1. The van der Waals surface area contributed by atoms with Gasteiger partial charge in [-0.1, -0.05) is 0 Å². The fraction of sp³-hybridized carbons (Fsp3) is 0.778. The molecule has 0 aromatic heterocycles. The SMILES string of the molecule is COC(C)CNC1CCC(=O)NC1=O. The molecule has 0 spiro atoms. The predicted octanol–water partition coefficient (Wildman–Crippen LogP) is -0.584. The zero-order valence-corrected chi connectivity index (χ0v) is 8.50. The molecule has 0 radical (unpaired) electrons. The van der Waals surface area contributed by atoms with E-state index >= 15 is 0 Å². The van der Waals surface area contributed by atoms with E-state index in [1.54, 1.807) is 7.11 Å². The van der Waals surface area contributed by atoms with Gasteiger partial charge >= 0.3 is 0 Å². The minimum Gasteiger partial charge on any atom is -0.380 e. The highest BCUT2D eigenvalue weighted by atomic mass is 16.5. The summed E-state index contributed by atoms with van der Waals surface area (Å²) in [6, 6.07) is -0.259. The number of nitrogens with one attached hydrogen (secondary N) is 2. The van der Waals surface area contributed by atoms with Gasteiger partial charge in [0.1, 0.15) is 0 Å². The van der Waals surface area contributed by atoms with E-state index in [-0.39, 0.29) is 24.0 Å². The van der Waals surface area contributed by atoms with Crippen molar-refractivity contribution in [3.8, 4) is 0 Å². The summed E-state index contributed by atoms with van der Waals surface area (Å²) in [6.07, 6.45) is 1.05. The van der Waals surface area contributed by atoms with E-state index in [1.807, 2.05) is 6.92 Å². The smallest absolute Gasteiger partial charge is 0.243 e. The molecule has 1 heterocycles. The van der Waals surface area contributed by atoms with Crippen molar-refractivity contribution in [2.75, 3.05) is 13.7 Å². The Kier molecular flexibility index (Phi) is 4.03. The zero-order chi connectivity index (χ0) is 10.6. The predicted molar refractivity (Wildman–Crippen MR) is 50.6 cm³/mol. The van der Waals surface area contributed by atoms with Gasteiger partial charge in [0.25, 0.3) is 0 Å². The number of rotatable bonds is 4. The van der Waals surface area contributed by atoms with E-state index in [0.29, 0.717) is 19.4 Å². The van der Waals surface area contributed by atoms with Crippen LogP contribution in [0.25, 0.3) is 0 Å². The van der Waals surface area contributed by atoms with Gasteiger partial charge in [-0.2, -0.15) is 0 Å². The normalized spacial score (nSPS) is 24.6. The molecule has 0 aromatic carbocycles. The van der Waals surface area contributed by atoms with Crippen molar-refractivity contribution in [2.24, 2.45) is 0 Å². The Hall–Kier alpha value is -0.940. The van der Waals surface area contributed by atoms with Crippen LogP contribution in [0.4, 0.5) is 0 Å². The summed E-state index contributed by atoms with van der Waals surface area (Å²) in [7, 11) is 1.62. The van der Waals surface area contributed by atoms with Crippen molar-refractivity contribution in [2.45, 2.75) is 31.9 Å². The maximum Gasteiger partial charge on any atom is 0.243 e. The van der Waals surface area contributed by atoms with Gasteiger partial charge in [-0.05, 0) is 13.3 Å². The summed E-state index contributed by atoms with van der Waals surface area (Å²) in [5.74, 6) is -0.419. The van der Waals surface area contributed by atoms with Gasteiger partial charge in [0.15, 0.2) is 0 Å². The molecule has 0 aliphatic carbocycles. The van der Waals surface area contributed by atoms with Crippen molar-refractivity contribution in [1.29, 1.82) is 0 Å². The van der Waals surface area contributed by atoms with Gasteiger partial charge < -0.3 is 10.1 Å². The van der Waals surface area contributed by atoms with Crippen LogP contribution in [0.3, 0.4) is 0 Å². The van der Waals surface area contributed by atoms with Crippen LogP contribution in [-0.4, -0.2) is 37.6 Å². The Bertz CT molecular complexity index is 230. The molecule has 0 saturated carbocycles. The third-order valence-corrected chi connectivity index (χ3v) is 2.29. The van der Waals surface area contributed by atoms with Crippen molar-refractivity contribution in [3.05, 3.63) is 0 Å². The molecule has 80 valence electrons. The molecule has 1 saturated heterocycles. The van der Waals surface area contributed by atoms with Crippen molar-refractivity contribution < 1.29 is 14.3 Å².